The fourth-order valence-corrected chi connectivity index (χ4v) is 1.79. The van der Waals surface area contributed by atoms with Gasteiger partial charge in [-0.2, -0.15) is 0 Å². The van der Waals surface area contributed by atoms with Crippen molar-refractivity contribution in [2.24, 2.45) is 5.92 Å². The Morgan fingerprint density at radius 1 is 1.20 bits per heavy atom. The molecular weight excluding hydrogens is 184 g/mol. The molecule has 1 aliphatic rings. The summed E-state index contributed by atoms with van der Waals surface area (Å²) in [5.41, 5.74) is 1.72. The van der Waals surface area contributed by atoms with Gasteiger partial charge < -0.3 is 0 Å². The van der Waals surface area contributed by atoms with Crippen molar-refractivity contribution in [2.45, 2.75) is 65.2 Å². The predicted octanol–water partition coefficient (Wildman–Crippen LogP) is 4.67. The first-order valence-corrected chi connectivity index (χ1v) is 6.24. The van der Waals surface area contributed by atoms with Crippen LogP contribution in [0, 0.1) is 12.6 Å². The molecule has 0 aromatic carbocycles. The SMILES string of the molecule is CCCCCCCCC=C1CC1C.[C-]#[O+]. The first kappa shape index (κ1) is 14.5. The molecule has 0 heterocycles. The first-order valence-electron chi connectivity index (χ1n) is 6.24. The van der Waals surface area contributed by atoms with Gasteiger partial charge in [0.05, 0.1) is 0 Å². The van der Waals surface area contributed by atoms with E-state index in [1.165, 1.54) is 51.4 Å². The van der Waals surface area contributed by atoms with E-state index in [9.17, 15) is 0 Å². The summed E-state index contributed by atoms with van der Waals surface area (Å²) < 4.78 is 7.50. The molecule has 15 heavy (non-hydrogen) atoms. The second kappa shape index (κ2) is 10.0. The van der Waals surface area contributed by atoms with E-state index in [1.807, 2.05) is 0 Å². The van der Waals surface area contributed by atoms with Gasteiger partial charge in [-0.3, -0.25) is 0 Å². The molecular formula is C14H24O. The van der Waals surface area contributed by atoms with Crippen LogP contribution in [-0.4, -0.2) is 0 Å². The van der Waals surface area contributed by atoms with Crippen molar-refractivity contribution in [1.82, 2.24) is 0 Å². The average molecular weight is 208 g/mol. The van der Waals surface area contributed by atoms with Crippen molar-refractivity contribution < 1.29 is 4.65 Å². The van der Waals surface area contributed by atoms with Gasteiger partial charge in [-0.15, -0.1) is 0 Å². The minimum absolute atomic E-state index is 0.931. The Labute approximate surface area is 94.7 Å². The second-order valence-corrected chi connectivity index (χ2v) is 4.44. The van der Waals surface area contributed by atoms with E-state index in [-0.39, 0.29) is 0 Å². The molecule has 0 spiro atoms. The number of rotatable bonds is 7. The normalized spacial score (nSPS) is 20.8. The second-order valence-electron chi connectivity index (χ2n) is 4.44. The van der Waals surface area contributed by atoms with E-state index in [1.54, 1.807) is 5.57 Å². The molecule has 1 nitrogen and oxygen atoms in total. The fourth-order valence-electron chi connectivity index (χ4n) is 1.79. The van der Waals surface area contributed by atoms with Crippen molar-refractivity contribution in [3.05, 3.63) is 18.3 Å². The zero-order valence-corrected chi connectivity index (χ0v) is 10.2. The van der Waals surface area contributed by atoms with Crippen LogP contribution < -0.4 is 0 Å². The fraction of sp³-hybridized carbons (Fsp3) is 0.786. The van der Waals surface area contributed by atoms with Gasteiger partial charge in [-0.25, -0.2) is 0 Å². The molecule has 1 atom stereocenters. The van der Waals surface area contributed by atoms with Crippen LogP contribution in [0.25, 0.3) is 0 Å². The van der Waals surface area contributed by atoms with Crippen LogP contribution in [0.3, 0.4) is 0 Å². The summed E-state index contributed by atoms with van der Waals surface area (Å²) in [6, 6.07) is 0. The summed E-state index contributed by atoms with van der Waals surface area (Å²) in [5.74, 6) is 0.931. The zero-order chi connectivity index (χ0) is 11.5. The third kappa shape index (κ3) is 8.47. The van der Waals surface area contributed by atoms with Crippen molar-refractivity contribution in [1.29, 1.82) is 0 Å². The molecule has 1 saturated carbocycles. The molecule has 0 aromatic heterocycles. The van der Waals surface area contributed by atoms with Crippen LogP contribution >= 0.6 is 0 Å². The summed E-state index contributed by atoms with van der Waals surface area (Å²) in [6.07, 6.45) is 13.7. The number of hydrogen-bond acceptors (Lipinski definition) is 0. The summed E-state index contributed by atoms with van der Waals surface area (Å²) in [5, 5.41) is 0. The monoisotopic (exact) mass is 208 g/mol. The van der Waals surface area contributed by atoms with E-state index in [2.05, 4.69) is 26.6 Å². The molecule has 1 unspecified atom stereocenters. The third-order valence-electron chi connectivity index (χ3n) is 2.98. The average Bonchev–Trinajstić information content (AvgIpc) is 2.96. The van der Waals surface area contributed by atoms with Gasteiger partial charge in [0, 0.05) is 0 Å². The summed E-state index contributed by atoms with van der Waals surface area (Å²) in [4.78, 5) is 0. The molecule has 0 aromatic rings. The molecule has 1 fully saturated rings. The van der Waals surface area contributed by atoms with Crippen LogP contribution in [-0.2, 0) is 4.65 Å². The molecule has 0 bridgehead atoms. The van der Waals surface area contributed by atoms with Crippen LogP contribution in [0.15, 0.2) is 11.6 Å². The quantitative estimate of drug-likeness (QED) is 0.251. The van der Waals surface area contributed by atoms with Gasteiger partial charge in [0.1, 0.15) is 0 Å². The molecule has 0 aliphatic heterocycles. The van der Waals surface area contributed by atoms with Crippen LogP contribution in [0.2, 0.25) is 0 Å². The minimum atomic E-state index is 0.931. The number of allylic oxidation sites excluding steroid dienone is 2. The van der Waals surface area contributed by atoms with Gasteiger partial charge in [0.2, 0.25) is 0 Å². The third-order valence-corrected chi connectivity index (χ3v) is 2.98. The predicted molar refractivity (Wildman–Crippen MR) is 63.8 cm³/mol. The Hall–Kier alpha value is -0.520. The van der Waals surface area contributed by atoms with Crippen LogP contribution in [0.5, 0.6) is 0 Å². The molecule has 0 amide bonds. The zero-order valence-electron chi connectivity index (χ0n) is 10.2. The Morgan fingerprint density at radius 3 is 2.27 bits per heavy atom. The Morgan fingerprint density at radius 2 is 1.73 bits per heavy atom. The van der Waals surface area contributed by atoms with Crippen molar-refractivity contribution in [2.75, 3.05) is 0 Å². The van der Waals surface area contributed by atoms with Crippen LogP contribution in [0.1, 0.15) is 65.2 Å². The Kier molecular flexibility index (Phi) is 9.67. The summed E-state index contributed by atoms with van der Waals surface area (Å²) in [7, 11) is 0. The Balaban J connectivity index is 0.000000921. The van der Waals surface area contributed by atoms with Gasteiger partial charge in [0.25, 0.3) is 0 Å². The number of hydrogen-bond donors (Lipinski definition) is 0. The maximum atomic E-state index is 7.50. The molecule has 1 heteroatoms. The topological polar surface area (TPSA) is 19.9 Å². The molecule has 0 saturated heterocycles. The molecule has 1 rings (SSSR count). The molecule has 1 aliphatic carbocycles. The summed E-state index contributed by atoms with van der Waals surface area (Å²) in [6.45, 7) is 9.10. The van der Waals surface area contributed by atoms with E-state index in [4.69, 9.17) is 4.65 Å². The molecule has 86 valence electrons. The van der Waals surface area contributed by atoms with Gasteiger partial charge >= 0.3 is 11.3 Å². The van der Waals surface area contributed by atoms with Crippen molar-refractivity contribution >= 4 is 0 Å². The van der Waals surface area contributed by atoms with Gasteiger partial charge in [-0.05, 0) is 25.2 Å². The summed E-state index contributed by atoms with van der Waals surface area (Å²) >= 11 is 0. The molecule has 0 N–H and O–H groups in total. The molecule has 0 radical (unpaired) electrons. The first-order chi connectivity index (χ1) is 7.34. The standard InChI is InChI=1S/C13H24.CO/c1-3-4-5-6-7-8-9-10-13-11-12(13)2;1-2/h10,12H,3-9,11H2,1-2H3;. The Bertz CT molecular complexity index is 191. The van der Waals surface area contributed by atoms with E-state index >= 15 is 0 Å². The van der Waals surface area contributed by atoms with Gasteiger partial charge in [0.15, 0.2) is 0 Å². The van der Waals surface area contributed by atoms with E-state index < -0.39 is 0 Å². The van der Waals surface area contributed by atoms with E-state index in [0.29, 0.717) is 0 Å². The van der Waals surface area contributed by atoms with E-state index in [0.717, 1.165) is 5.92 Å². The van der Waals surface area contributed by atoms with Crippen molar-refractivity contribution in [3.8, 4) is 0 Å². The number of unbranched alkanes of at least 4 members (excludes halogenated alkanes) is 6. The maximum absolute atomic E-state index is 7.50. The van der Waals surface area contributed by atoms with Gasteiger partial charge in [-0.1, -0.05) is 57.6 Å². The van der Waals surface area contributed by atoms with Crippen LogP contribution in [0.4, 0.5) is 0 Å². The van der Waals surface area contributed by atoms with Crippen molar-refractivity contribution in [3.63, 3.8) is 0 Å².